The maximum atomic E-state index is 12.8. The molecule has 3 aromatic carbocycles. The molecule has 0 saturated heterocycles. The third-order valence-electron chi connectivity index (χ3n) is 4.38. The number of benzene rings is 3. The van der Waals surface area contributed by atoms with Crippen LogP contribution in [0.25, 0.3) is 0 Å². The number of aromatic hydroxyl groups is 1. The maximum absolute atomic E-state index is 12.8. The van der Waals surface area contributed by atoms with E-state index in [0.29, 0.717) is 11.1 Å². The van der Waals surface area contributed by atoms with Crippen molar-refractivity contribution in [2.75, 3.05) is 4.90 Å². The van der Waals surface area contributed by atoms with E-state index in [1.54, 1.807) is 54.6 Å². The molecule has 1 unspecified atom stereocenters. The smallest absolute Gasteiger partial charge is 0.347 e. The van der Waals surface area contributed by atoms with Crippen molar-refractivity contribution in [3.8, 4) is 11.5 Å². The van der Waals surface area contributed by atoms with E-state index < -0.39 is 12.2 Å². The van der Waals surface area contributed by atoms with Gasteiger partial charge in [-0.3, -0.25) is 9.69 Å². The molecule has 6 nitrogen and oxygen atoms in total. The number of carbonyl (C=O) groups is 2. The summed E-state index contributed by atoms with van der Waals surface area (Å²) in [6, 6.07) is 19.2. The highest BCUT2D eigenvalue weighted by Crippen LogP contribution is 2.40. The summed E-state index contributed by atoms with van der Waals surface area (Å²) in [7, 11) is 0. The van der Waals surface area contributed by atoms with Gasteiger partial charge in [-0.05, 0) is 30.3 Å². The number of nitrogens with zero attached hydrogens (tertiary/aromatic N) is 1. The molecule has 0 bridgehead atoms. The summed E-state index contributed by atoms with van der Waals surface area (Å²) in [4.78, 5) is 26.4. The van der Waals surface area contributed by atoms with Crippen molar-refractivity contribution < 1.29 is 24.5 Å². The number of aliphatic hydroxyl groups is 1. The predicted octanol–water partition coefficient (Wildman–Crippen LogP) is 3.26. The van der Waals surface area contributed by atoms with Crippen LogP contribution in [0.3, 0.4) is 0 Å². The van der Waals surface area contributed by atoms with Crippen molar-refractivity contribution >= 4 is 17.6 Å². The van der Waals surface area contributed by atoms with Crippen molar-refractivity contribution in [3.63, 3.8) is 0 Å². The van der Waals surface area contributed by atoms with E-state index in [4.69, 9.17) is 4.74 Å². The molecule has 0 aromatic heterocycles. The number of hydrogen-bond acceptors (Lipinski definition) is 5. The first-order chi connectivity index (χ1) is 13.1. The van der Waals surface area contributed by atoms with E-state index in [0.717, 1.165) is 0 Å². The lowest BCUT2D eigenvalue weighted by Gasteiger charge is -2.23. The van der Waals surface area contributed by atoms with E-state index in [1.165, 1.54) is 23.1 Å². The fraction of sp³-hybridized carbons (Fsp3) is 0.0476. The fourth-order valence-electron chi connectivity index (χ4n) is 3.08. The van der Waals surface area contributed by atoms with E-state index in [2.05, 4.69) is 0 Å². The van der Waals surface area contributed by atoms with Gasteiger partial charge in [0.25, 0.3) is 5.91 Å². The molecular formula is C21H15NO5. The standard InChI is InChI=1S/C21H15NO5/c23-17-11-5-3-9-15(17)21(26)27-18-12-6-4-10-16(18)22-19(24)13-7-1-2-8-14(13)20(22)25/h1-12,19,23-24H. The Kier molecular flexibility index (Phi) is 4.10. The number of fused-ring (bicyclic) bond motifs is 1. The molecule has 3 aromatic rings. The Bertz CT molecular complexity index is 1050. The number of anilines is 1. The Labute approximate surface area is 154 Å². The highest BCUT2D eigenvalue weighted by Gasteiger charge is 2.37. The van der Waals surface area contributed by atoms with E-state index in [-0.39, 0.29) is 28.7 Å². The Hall–Kier alpha value is -3.64. The molecule has 1 heterocycles. The molecular weight excluding hydrogens is 346 g/mol. The number of phenolic OH excluding ortho intramolecular Hbond substituents is 1. The fourth-order valence-corrected chi connectivity index (χ4v) is 3.08. The number of rotatable bonds is 3. The molecule has 6 heteroatoms. The number of esters is 1. The molecule has 27 heavy (non-hydrogen) atoms. The van der Waals surface area contributed by atoms with Crippen molar-refractivity contribution in [1.82, 2.24) is 0 Å². The second-order valence-electron chi connectivity index (χ2n) is 6.01. The summed E-state index contributed by atoms with van der Waals surface area (Å²) in [6.45, 7) is 0. The summed E-state index contributed by atoms with van der Waals surface area (Å²) in [5, 5.41) is 20.4. The van der Waals surface area contributed by atoms with E-state index in [9.17, 15) is 19.8 Å². The van der Waals surface area contributed by atoms with Gasteiger partial charge in [-0.15, -0.1) is 0 Å². The number of hydrogen-bond donors (Lipinski definition) is 2. The molecule has 0 saturated carbocycles. The summed E-state index contributed by atoms with van der Waals surface area (Å²) in [5.41, 5.74) is 1.15. The first-order valence-electron chi connectivity index (χ1n) is 8.27. The van der Waals surface area contributed by atoms with Crippen LogP contribution in [0.5, 0.6) is 11.5 Å². The molecule has 1 aliphatic rings. The topological polar surface area (TPSA) is 87.1 Å². The van der Waals surface area contributed by atoms with Crippen LogP contribution in [0.1, 0.15) is 32.5 Å². The van der Waals surface area contributed by atoms with Crippen molar-refractivity contribution in [2.24, 2.45) is 0 Å². The molecule has 4 rings (SSSR count). The highest BCUT2D eigenvalue weighted by molar-refractivity contribution is 6.11. The minimum absolute atomic E-state index is 0.00360. The van der Waals surface area contributed by atoms with Crippen LogP contribution in [-0.4, -0.2) is 22.1 Å². The highest BCUT2D eigenvalue weighted by atomic mass is 16.5. The monoisotopic (exact) mass is 361 g/mol. The van der Waals surface area contributed by atoms with Gasteiger partial charge in [0.1, 0.15) is 11.3 Å². The van der Waals surface area contributed by atoms with Gasteiger partial charge in [0, 0.05) is 11.1 Å². The van der Waals surface area contributed by atoms with Gasteiger partial charge >= 0.3 is 5.97 Å². The minimum Gasteiger partial charge on any atom is -0.507 e. The zero-order valence-electron chi connectivity index (χ0n) is 14.1. The molecule has 0 aliphatic carbocycles. The Morgan fingerprint density at radius 2 is 1.59 bits per heavy atom. The second-order valence-corrected chi connectivity index (χ2v) is 6.01. The van der Waals surface area contributed by atoms with Crippen LogP contribution in [0, 0.1) is 0 Å². The zero-order valence-corrected chi connectivity index (χ0v) is 14.1. The van der Waals surface area contributed by atoms with Gasteiger partial charge in [0.15, 0.2) is 12.0 Å². The third kappa shape index (κ3) is 2.82. The molecule has 1 aliphatic heterocycles. The average molecular weight is 361 g/mol. The molecule has 1 atom stereocenters. The molecule has 0 radical (unpaired) electrons. The van der Waals surface area contributed by atoms with Gasteiger partial charge in [-0.1, -0.05) is 42.5 Å². The van der Waals surface area contributed by atoms with Crippen LogP contribution in [0.4, 0.5) is 5.69 Å². The lowest BCUT2D eigenvalue weighted by Crippen LogP contribution is -2.28. The summed E-state index contributed by atoms with van der Waals surface area (Å²) >= 11 is 0. The van der Waals surface area contributed by atoms with Crippen LogP contribution in [-0.2, 0) is 0 Å². The summed E-state index contributed by atoms with van der Waals surface area (Å²) in [5.74, 6) is -1.25. The Balaban J connectivity index is 1.70. The van der Waals surface area contributed by atoms with Crippen LogP contribution >= 0.6 is 0 Å². The normalized spacial score (nSPS) is 15.5. The largest absolute Gasteiger partial charge is 0.507 e. The number of amides is 1. The number of carbonyl (C=O) groups excluding carboxylic acids is 2. The lowest BCUT2D eigenvalue weighted by atomic mass is 10.1. The van der Waals surface area contributed by atoms with Gasteiger partial charge in [-0.25, -0.2) is 4.79 Å². The van der Waals surface area contributed by atoms with Crippen LogP contribution < -0.4 is 9.64 Å². The molecule has 0 fully saturated rings. The molecule has 0 spiro atoms. The zero-order chi connectivity index (χ0) is 19.0. The number of aliphatic hydroxyl groups excluding tert-OH is 1. The minimum atomic E-state index is -1.18. The SMILES string of the molecule is O=C(Oc1ccccc1N1C(=O)c2ccccc2C1O)c1ccccc1O. The average Bonchev–Trinajstić information content (AvgIpc) is 2.94. The maximum Gasteiger partial charge on any atom is 0.347 e. The Morgan fingerprint density at radius 3 is 2.37 bits per heavy atom. The number of para-hydroxylation sites is 3. The van der Waals surface area contributed by atoms with Gasteiger partial charge in [0.2, 0.25) is 0 Å². The Morgan fingerprint density at radius 1 is 0.926 bits per heavy atom. The van der Waals surface area contributed by atoms with Gasteiger partial charge < -0.3 is 14.9 Å². The summed E-state index contributed by atoms with van der Waals surface area (Å²) < 4.78 is 5.42. The van der Waals surface area contributed by atoms with Gasteiger partial charge in [0.05, 0.1) is 5.69 Å². The molecule has 2 N–H and O–H groups in total. The van der Waals surface area contributed by atoms with Crippen molar-refractivity contribution in [3.05, 3.63) is 89.5 Å². The first-order valence-corrected chi connectivity index (χ1v) is 8.27. The second kappa shape index (κ2) is 6.59. The quantitative estimate of drug-likeness (QED) is 0.552. The molecule has 1 amide bonds. The van der Waals surface area contributed by atoms with Crippen LogP contribution in [0.15, 0.2) is 72.8 Å². The van der Waals surface area contributed by atoms with Crippen molar-refractivity contribution in [1.29, 1.82) is 0 Å². The van der Waals surface area contributed by atoms with E-state index in [1.807, 2.05) is 0 Å². The van der Waals surface area contributed by atoms with Crippen LogP contribution in [0.2, 0.25) is 0 Å². The summed E-state index contributed by atoms with van der Waals surface area (Å²) in [6.07, 6.45) is -1.18. The predicted molar refractivity (Wildman–Crippen MR) is 97.7 cm³/mol. The molecule has 134 valence electrons. The van der Waals surface area contributed by atoms with E-state index >= 15 is 0 Å². The van der Waals surface area contributed by atoms with Crippen molar-refractivity contribution in [2.45, 2.75) is 6.23 Å². The lowest BCUT2D eigenvalue weighted by molar-refractivity contribution is 0.0727. The van der Waals surface area contributed by atoms with Gasteiger partial charge in [-0.2, -0.15) is 0 Å². The first kappa shape index (κ1) is 16.8. The number of ether oxygens (including phenoxy) is 1. The number of phenols is 1. The third-order valence-corrected chi connectivity index (χ3v) is 4.38.